The van der Waals surface area contributed by atoms with Gasteiger partial charge in [0.15, 0.2) is 0 Å². The van der Waals surface area contributed by atoms with Gasteiger partial charge in [0.2, 0.25) is 0 Å². The van der Waals surface area contributed by atoms with Crippen molar-refractivity contribution in [1.29, 1.82) is 0 Å². The Balaban J connectivity index is 1.63. The summed E-state index contributed by atoms with van der Waals surface area (Å²) in [6.45, 7) is 5.09. The van der Waals surface area contributed by atoms with E-state index >= 15 is 0 Å². The van der Waals surface area contributed by atoms with Crippen LogP contribution in [0.1, 0.15) is 65.2 Å². The van der Waals surface area contributed by atoms with E-state index in [1.165, 1.54) is 38.5 Å². The van der Waals surface area contributed by atoms with Crippen LogP contribution in [0.2, 0.25) is 0 Å². The van der Waals surface area contributed by atoms with Gasteiger partial charge in [0, 0.05) is 0 Å². The Bertz CT molecular complexity index is 427. The van der Waals surface area contributed by atoms with Crippen molar-refractivity contribution < 1.29 is 5.11 Å². The van der Waals surface area contributed by atoms with Crippen molar-refractivity contribution in [3.8, 4) is 0 Å². The summed E-state index contributed by atoms with van der Waals surface area (Å²) in [6, 6.07) is 0. The van der Waals surface area contributed by atoms with Crippen LogP contribution >= 0.6 is 0 Å². The van der Waals surface area contributed by atoms with E-state index in [1.807, 2.05) is 0 Å². The number of hydrogen-bond acceptors (Lipinski definition) is 1. The standard InChI is InChI=1S/C19H30O/c1-18-9-3-4-16(18)15-6-5-13-12-14(20)7-11-19(13,2)17(15)8-10-18/h3,9,13-17,20H,4-8,10-12H2,1-2H3/t13-,14-,15-,16-,17-,18-,19-/m0/s1. The fourth-order valence-electron chi connectivity index (χ4n) is 6.72. The van der Waals surface area contributed by atoms with Gasteiger partial charge in [0.1, 0.15) is 0 Å². The largest absolute Gasteiger partial charge is 0.393 e. The highest BCUT2D eigenvalue weighted by molar-refractivity contribution is 5.16. The Morgan fingerprint density at radius 2 is 1.85 bits per heavy atom. The molecule has 1 nitrogen and oxygen atoms in total. The highest BCUT2D eigenvalue weighted by Crippen LogP contribution is 2.64. The van der Waals surface area contributed by atoms with E-state index in [-0.39, 0.29) is 6.10 Å². The van der Waals surface area contributed by atoms with E-state index in [1.54, 1.807) is 0 Å². The number of aliphatic hydroxyl groups is 1. The van der Waals surface area contributed by atoms with Crippen LogP contribution in [0, 0.1) is 34.5 Å². The number of aliphatic hydroxyl groups excluding tert-OH is 1. The summed E-state index contributed by atoms with van der Waals surface area (Å²) < 4.78 is 0. The first-order valence-electron chi connectivity index (χ1n) is 8.89. The summed E-state index contributed by atoms with van der Waals surface area (Å²) in [5.74, 6) is 3.61. The van der Waals surface area contributed by atoms with Crippen molar-refractivity contribution in [2.24, 2.45) is 34.5 Å². The maximum absolute atomic E-state index is 10.0. The highest BCUT2D eigenvalue weighted by Gasteiger charge is 2.56. The second kappa shape index (κ2) is 4.35. The molecular formula is C19H30O. The third-order valence-corrected chi connectivity index (χ3v) is 7.96. The number of fused-ring (bicyclic) bond motifs is 5. The molecule has 3 fully saturated rings. The van der Waals surface area contributed by atoms with Gasteiger partial charge in [-0.05, 0) is 85.9 Å². The SMILES string of the molecule is C[C@]12CC[C@H](O)C[C@@H]1CC[C@@H]1[C@@H]2CC[C@]2(C)C=CC[C@@H]12. The fraction of sp³-hybridized carbons (Fsp3) is 0.895. The molecule has 0 radical (unpaired) electrons. The molecule has 4 rings (SSSR count). The second-order valence-electron chi connectivity index (χ2n) is 8.77. The minimum absolute atomic E-state index is 0.00775. The quantitative estimate of drug-likeness (QED) is 0.642. The summed E-state index contributed by atoms with van der Waals surface area (Å²) in [4.78, 5) is 0. The van der Waals surface area contributed by atoms with Gasteiger partial charge in [-0.3, -0.25) is 0 Å². The zero-order valence-corrected chi connectivity index (χ0v) is 13.1. The summed E-state index contributed by atoms with van der Waals surface area (Å²) >= 11 is 0. The maximum Gasteiger partial charge on any atom is 0.0543 e. The molecule has 0 bridgehead atoms. The highest BCUT2D eigenvalue weighted by atomic mass is 16.3. The molecule has 1 heteroatoms. The molecule has 0 aromatic rings. The zero-order valence-electron chi connectivity index (χ0n) is 13.1. The van der Waals surface area contributed by atoms with Gasteiger partial charge in [-0.1, -0.05) is 26.0 Å². The van der Waals surface area contributed by atoms with Crippen LogP contribution in [0.15, 0.2) is 12.2 Å². The van der Waals surface area contributed by atoms with Gasteiger partial charge in [-0.25, -0.2) is 0 Å². The molecule has 0 aromatic heterocycles. The van der Waals surface area contributed by atoms with Crippen LogP contribution in [0.5, 0.6) is 0 Å². The van der Waals surface area contributed by atoms with Crippen LogP contribution in [-0.4, -0.2) is 11.2 Å². The zero-order chi connectivity index (χ0) is 14.0. The van der Waals surface area contributed by atoms with Crippen LogP contribution < -0.4 is 0 Å². The Kier molecular flexibility index (Phi) is 2.91. The molecule has 0 unspecified atom stereocenters. The Hall–Kier alpha value is -0.300. The summed E-state index contributed by atoms with van der Waals surface area (Å²) in [6.07, 6.45) is 15.4. The van der Waals surface area contributed by atoms with Crippen molar-refractivity contribution in [2.45, 2.75) is 71.3 Å². The molecule has 0 spiro atoms. The molecule has 4 aliphatic rings. The van der Waals surface area contributed by atoms with Crippen molar-refractivity contribution >= 4 is 0 Å². The average molecular weight is 274 g/mol. The molecular weight excluding hydrogens is 244 g/mol. The molecule has 0 aromatic carbocycles. The first-order chi connectivity index (χ1) is 9.53. The number of allylic oxidation sites excluding steroid dienone is 2. The summed E-state index contributed by atoms with van der Waals surface area (Å²) in [7, 11) is 0. The first kappa shape index (κ1) is 13.4. The minimum atomic E-state index is -0.00775. The fourth-order valence-corrected chi connectivity index (χ4v) is 6.72. The van der Waals surface area contributed by atoms with Gasteiger partial charge < -0.3 is 5.11 Å². The third-order valence-electron chi connectivity index (χ3n) is 7.96. The van der Waals surface area contributed by atoms with Gasteiger partial charge in [0.05, 0.1) is 6.10 Å². The summed E-state index contributed by atoms with van der Waals surface area (Å²) in [5, 5.41) is 10.0. The molecule has 20 heavy (non-hydrogen) atoms. The van der Waals surface area contributed by atoms with Crippen LogP contribution in [0.25, 0.3) is 0 Å². The smallest absolute Gasteiger partial charge is 0.0543 e. The molecule has 3 saturated carbocycles. The van der Waals surface area contributed by atoms with E-state index in [0.717, 1.165) is 36.5 Å². The first-order valence-corrected chi connectivity index (χ1v) is 8.89. The van der Waals surface area contributed by atoms with E-state index in [2.05, 4.69) is 26.0 Å². The molecule has 1 N–H and O–H groups in total. The van der Waals surface area contributed by atoms with Crippen molar-refractivity contribution in [2.75, 3.05) is 0 Å². The lowest BCUT2D eigenvalue weighted by Gasteiger charge is -2.60. The van der Waals surface area contributed by atoms with Crippen molar-refractivity contribution in [1.82, 2.24) is 0 Å². The van der Waals surface area contributed by atoms with Gasteiger partial charge >= 0.3 is 0 Å². The van der Waals surface area contributed by atoms with Crippen molar-refractivity contribution in [3.05, 3.63) is 12.2 Å². The van der Waals surface area contributed by atoms with E-state index in [0.29, 0.717) is 10.8 Å². The van der Waals surface area contributed by atoms with E-state index in [4.69, 9.17) is 0 Å². The lowest BCUT2D eigenvalue weighted by Crippen LogP contribution is -2.53. The lowest BCUT2D eigenvalue weighted by atomic mass is 9.45. The molecule has 0 amide bonds. The number of hydrogen-bond donors (Lipinski definition) is 1. The molecule has 0 aliphatic heterocycles. The van der Waals surface area contributed by atoms with Crippen LogP contribution in [-0.2, 0) is 0 Å². The van der Waals surface area contributed by atoms with Crippen LogP contribution in [0.3, 0.4) is 0 Å². The Morgan fingerprint density at radius 1 is 1.00 bits per heavy atom. The number of rotatable bonds is 0. The molecule has 112 valence electrons. The predicted octanol–water partition coefficient (Wildman–Crippen LogP) is 4.56. The second-order valence-corrected chi connectivity index (χ2v) is 8.77. The minimum Gasteiger partial charge on any atom is -0.393 e. The third kappa shape index (κ3) is 1.71. The molecule has 0 heterocycles. The molecule has 7 atom stereocenters. The predicted molar refractivity (Wildman–Crippen MR) is 82.3 cm³/mol. The summed E-state index contributed by atoms with van der Waals surface area (Å²) in [5.41, 5.74) is 1.05. The Labute approximate surface area is 123 Å². The van der Waals surface area contributed by atoms with Crippen LogP contribution in [0.4, 0.5) is 0 Å². The molecule has 4 aliphatic carbocycles. The van der Waals surface area contributed by atoms with Crippen molar-refractivity contribution in [3.63, 3.8) is 0 Å². The maximum atomic E-state index is 10.0. The van der Waals surface area contributed by atoms with Gasteiger partial charge in [-0.2, -0.15) is 0 Å². The monoisotopic (exact) mass is 274 g/mol. The average Bonchev–Trinajstić information content (AvgIpc) is 2.81. The Morgan fingerprint density at radius 3 is 2.70 bits per heavy atom. The molecule has 0 saturated heterocycles. The normalized spacial score (nSPS) is 57.9. The van der Waals surface area contributed by atoms with Gasteiger partial charge in [0.25, 0.3) is 0 Å². The topological polar surface area (TPSA) is 20.2 Å². The van der Waals surface area contributed by atoms with E-state index in [9.17, 15) is 5.11 Å². The van der Waals surface area contributed by atoms with E-state index < -0.39 is 0 Å². The lowest BCUT2D eigenvalue weighted by molar-refractivity contribution is -0.116. The van der Waals surface area contributed by atoms with Gasteiger partial charge in [-0.15, -0.1) is 0 Å².